The van der Waals surface area contributed by atoms with Crippen molar-refractivity contribution in [3.8, 4) is 0 Å². The van der Waals surface area contributed by atoms with Crippen molar-refractivity contribution < 1.29 is 5.11 Å². The Kier molecular flexibility index (Phi) is 2.75. The molecule has 2 nitrogen and oxygen atoms in total. The largest absolute Gasteiger partial charge is 0.389 e. The quantitative estimate of drug-likeness (QED) is 0.890. The molecule has 1 saturated carbocycles. The van der Waals surface area contributed by atoms with Gasteiger partial charge in [-0.05, 0) is 59.4 Å². The predicted octanol–water partition coefficient (Wildman–Crippen LogP) is 3.35. The highest BCUT2D eigenvalue weighted by atomic mass is 32.1. The molecule has 1 unspecified atom stereocenters. The van der Waals surface area contributed by atoms with Gasteiger partial charge in [-0.25, -0.2) is 0 Å². The number of hydrogen-bond donors (Lipinski definition) is 2. The molecule has 106 valence electrons. The molecule has 4 rings (SSSR count). The number of rotatable bonds is 2. The normalized spacial score (nSPS) is 28.1. The van der Waals surface area contributed by atoms with Gasteiger partial charge in [-0.15, -0.1) is 11.3 Å². The minimum Gasteiger partial charge on any atom is -0.389 e. The Morgan fingerprint density at radius 1 is 1.20 bits per heavy atom. The van der Waals surface area contributed by atoms with Crippen LogP contribution in [-0.2, 0) is 11.8 Å². The van der Waals surface area contributed by atoms with E-state index in [1.165, 1.54) is 27.6 Å². The van der Waals surface area contributed by atoms with E-state index in [0.717, 1.165) is 32.1 Å². The first-order valence-electron chi connectivity index (χ1n) is 7.62. The second kappa shape index (κ2) is 4.30. The van der Waals surface area contributed by atoms with Crippen LogP contribution in [0.2, 0.25) is 0 Å². The lowest BCUT2D eigenvalue weighted by atomic mass is 9.52. The van der Waals surface area contributed by atoms with Crippen LogP contribution in [0.15, 0.2) is 23.6 Å². The van der Waals surface area contributed by atoms with Crippen molar-refractivity contribution in [1.82, 2.24) is 0 Å². The first-order valence-corrected chi connectivity index (χ1v) is 8.50. The summed E-state index contributed by atoms with van der Waals surface area (Å²) >= 11 is 1.79. The third-order valence-electron chi connectivity index (χ3n) is 5.61. The Morgan fingerprint density at radius 2 is 2.00 bits per heavy atom. The zero-order valence-corrected chi connectivity index (χ0v) is 12.5. The molecule has 1 heterocycles. The van der Waals surface area contributed by atoms with E-state index in [2.05, 4.69) is 23.6 Å². The van der Waals surface area contributed by atoms with Gasteiger partial charge in [0, 0.05) is 16.7 Å². The molecular weight excluding hydrogens is 266 g/mol. The Bertz CT molecular complexity index is 656. The fourth-order valence-corrected chi connectivity index (χ4v) is 5.19. The van der Waals surface area contributed by atoms with Crippen LogP contribution >= 0.6 is 11.3 Å². The van der Waals surface area contributed by atoms with Crippen molar-refractivity contribution in [3.63, 3.8) is 0 Å². The molecule has 2 aromatic rings. The fraction of sp³-hybridized carbons (Fsp3) is 0.529. The average Bonchev–Trinajstić information content (AvgIpc) is 2.89. The second-order valence-corrected chi connectivity index (χ2v) is 7.47. The van der Waals surface area contributed by atoms with Crippen LogP contribution in [0.3, 0.4) is 0 Å². The van der Waals surface area contributed by atoms with Gasteiger partial charge in [-0.3, -0.25) is 0 Å². The Hall–Kier alpha value is -0.900. The topological polar surface area (TPSA) is 46.2 Å². The van der Waals surface area contributed by atoms with E-state index in [9.17, 15) is 5.11 Å². The molecule has 3 heteroatoms. The average molecular weight is 287 g/mol. The van der Waals surface area contributed by atoms with E-state index in [4.69, 9.17) is 5.73 Å². The SMILES string of the molecule is NCC1(C2(O)CCCCC2)Cc2cc3sccc3cc21. The monoisotopic (exact) mass is 287 g/mol. The van der Waals surface area contributed by atoms with Crippen LogP contribution in [0.4, 0.5) is 0 Å². The Balaban J connectivity index is 1.83. The van der Waals surface area contributed by atoms with Crippen LogP contribution in [0.1, 0.15) is 43.2 Å². The molecule has 2 aliphatic carbocycles. The summed E-state index contributed by atoms with van der Waals surface area (Å²) in [6, 6.07) is 6.75. The third-order valence-corrected chi connectivity index (χ3v) is 6.49. The highest BCUT2D eigenvalue weighted by molar-refractivity contribution is 7.17. The van der Waals surface area contributed by atoms with Crippen LogP contribution in [0.5, 0.6) is 0 Å². The molecule has 0 bridgehead atoms. The highest BCUT2D eigenvalue weighted by Gasteiger charge is 2.56. The molecule has 2 aliphatic rings. The Labute approximate surface area is 123 Å². The molecule has 1 fully saturated rings. The lowest BCUT2D eigenvalue weighted by Crippen LogP contribution is -2.62. The molecule has 0 radical (unpaired) electrons. The molecule has 3 N–H and O–H groups in total. The molecule has 1 aromatic carbocycles. The van der Waals surface area contributed by atoms with Gasteiger partial charge in [0.1, 0.15) is 0 Å². The number of thiophene rings is 1. The number of nitrogens with two attached hydrogens (primary N) is 1. The van der Waals surface area contributed by atoms with Gasteiger partial charge in [-0.1, -0.05) is 19.3 Å². The summed E-state index contributed by atoms with van der Waals surface area (Å²) in [5.41, 5.74) is 8.09. The summed E-state index contributed by atoms with van der Waals surface area (Å²) in [4.78, 5) is 0. The van der Waals surface area contributed by atoms with Crippen LogP contribution in [-0.4, -0.2) is 17.3 Å². The number of benzene rings is 1. The molecule has 0 spiro atoms. The zero-order chi connectivity index (χ0) is 13.8. The van der Waals surface area contributed by atoms with E-state index in [-0.39, 0.29) is 5.41 Å². The van der Waals surface area contributed by atoms with Gasteiger partial charge in [0.15, 0.2) is 0 Å². The maximum Gasteiger partial charge on any atom is 0.0759 e. The molecule has 0 aliphatic heterocycles. The first-order chi connectivity index (χ1) is 9.68. The van der Waals surface area contributed by atoms with Crippen LogP contribution in [0, 0.1) is 0 Å². The number of hydrogen-bond acceptors (Lipinski definition) is 3. The smallest absolute Gasteiger partial charge is 0.0759 e. The molecule has 1 atom stereocenters. The van der Waals surface area contributed by atoms with Gasteiger partial charge in [0.25, 0.3) is 0 Å². The van der Waals surface area contributed by atoms with Crippen LogP contribution in [0.25, 0.3) is 10.1 Å². The van der Waals surface area contributed by atoms with Gasteiger partial charge in [0.05, 0.1) is 5.60 Å². The minimum absolute atomic E-state index is 0.196. The van der Waals surface area contributed by atoms with Crippen molar-refractivity contribution in [1.29, 1.82) is 0 Å². The maximum absolute atomic E-state index is 11.2. The summed E-state index contributed by atoms with van der Waals surface area (Å²) in [5, 5.41) is 14.7. The number of fused-ring (bicyclic) bond motifs is 2. The Morgan fingerprint density at radius 3 is 2.75 bits per heavy atom. The van der Waals surface area contributed by atoms with Crippen molar-refractivity contribution in [2.45, 2.75) is 49.5 Å². The predicted molar refractivity (Wildman–Crippen MR) is 84.3 cm³/mol. The summed E-state index contributed by atoms with van der Waals surface area (Å²) in [6.45, 7) is 0.562. The van der Waals surface area contributed by atoms with Gasteiger partial charge >= 0.3 is 0 Å². The molecule has 0 amide bonds. The van der Waals surface area contributed by atoms with Crippen molar-refractivity contribution in [2.75, 3.05) is 6.54 Å². The van der Waals surface area contributed by atoms with E-state index >= 15 is 0 Å². The maximum atomic E-state index is 11.2. The third kappa shape index (κ3) is 1.51. The standard InChI is InChI=1S/C17H21NOS/c18-11-16(17(19)5-2-1-3-6-17)10-13-9-15-12(4-7-20-15)8-14(13)16/h4,7-9,19H,1-3,5-6,10-11,18H2. The molecule has 20 heavy (non-hydrogen) atoms. The zero-order valence-electron chi connectivity index (χ0n) is 11.7. The van der Waals surface area contributed by atoms with E-state index < -0.39 is 5.60 Å². The number of aliphatic hydroxyl groups is 1. The van der Waals surface area contributed by atoms with E-state index in [1.807, 2.05) is 0 Å². The summed E-state index contributed by atoms with van der Waals surface area (Å²) in [6.07, 6.45) is 6.28. The second-order valence-electron chi connectivity index (χ2n) is 6.52. The summed E-state index contributed by atoms with van der Waals surface area (Å²) in [7, 11) is 0. The summed E-state index contributed by atoms with van der Waals surface area (Å²) in [5.74, 6) is 0. The highest BCUT2D eigenvalue weighted by Crippen LogP contribution is 2.54. The van der Waals surface area contributed by atoms with E-state index in [0.29, 0.717) is 6.54 Å². The van der Waals surface area contributed by atoms with E-state index in [1.54, 1.807) is 11.3 Å². The van der Waals surface area contributed by atoms with Crippen molar-refractivity contribution in [2.24, 2.45) is 5.73 Å². The van der Waals surface area contributed by atoms with Crippen LogP contribution < -0.4 is 5.73 Å². The molecule has 0 saturated heterocycles. The van der Waals surface area contributed by atoms with Crippen molar-refractivity contribution >= 4 is 21.4 Å². The minimum atomic E-state index is -0.587. The van der Waals surface area contributed by atoms with Gasteiger partial charge in [0.2, 0.25) is 0 Å². The lowest BCUT2D eigenvalue weighted by molar-refractivity contribution is -0.0755. The van der Waals surface area contributed by atoms with Crippen molar-refractivity contribution in [3.05, 3.63) is 34.7 Å². The fourth-order valence-electron chi connectivity index (χ4n) is 4.36. The van der Waals surface area contributed by atoms with Gasteiger partial charge in [-0.2, -0.15) is 0 Å². The summed E-state index contributed by atoms with van der Waals surface area (Å²) < 4.78 is 1.35. The molecule has 1 aromatic heterocycles. The molecular formula is C17H21NOS. The lowest BCUT2D eigenvalue weighted by Gasteiger charge is -2.55. The van der Waals surface area contributed by atoms with Gasteiger partial charge < -0.3 is 10.8 Å². The first kappa shape index (κ1) is 12.8.